The molecule has 3 atom stereocenters. The maximum Gasteiger partial charge on any atom is 0.0312 e. The summed E-state index contributed by atoms with van der Waals surface area (Å²) in [5.74, 6) is 1.64. The molecule has 1 aliphatic rings. The fraction of sp³-hybridized carbons (Fsp3) is 0.538. The minimum absolute atomic E-state index is 0.505. The summed E-state index contributed by atoms with van der Waals surface area (Å²) in [7, 11) is 4.83. The average molecular weight is 223 g/mol. The van der Waals surface area contributed by atoms with E-state index in [9.17, 15) is 0 Å². The van der Waals surface area contributed by atoms with Gasteiger partial charge in [-0.05, 0) is 24.7 Å². The molecule has 0 N–H and O–H groups in total. The lowest BCUT2D eigenvalue weighted by Gasteiger charge is -2.30. The van der Waals surface area contributed by atoms with Crippen LogP contribution in [0.15, 0.2) is 37.6 Å². The number of rotatable bonds is 5. The van der Waals surface area contributed by atoms with Gasteiger partial charge >= 0.3 is 0 Å². The Kier molecular flexibility index (Phi) is 4.60. The van der Waals surface area contributed by atoms with Crippen LogP contribution in [0.25, 0.3) is 0 Å². The van der Waals surface area contributed by atoms with Gasteiger partial charge in [0.1, 0.15) is 0 Å². The van der Waals surface area contributed by atoms with E-state index in [0.717, 1.165) is 6.29 Å². The van der Waals surface area contributed by atoms with Gasteiger partial charge < -0.3 is 4.90 Å². The molecule has 1 rings (SSSR count). The molecule has 0 bridgehead atoms. The smallest absolute Gasteiger partial charge is 0.0312 e. The van der Waals surface area contributed by atoms with Gasteiger partial charge in [-0.15, -0.1) is 22.4 Å². The van der Waals surface area contributed by atoms with Crippen LogP contribution in [0.3, 0.4) is 0 Å². The zero-order chi connectivity index (χ0) is 11.4. The molecule has 0 aromatic rings. The Morgan fingerprint density at radius 3 is 2.13 bits per heavy atom. The Balaban J connectivity index is 2.82. The zero-order valence-corrected chi connectivity index (χ0v) is 10.8. The lowest BCUT2D eigenvalue weighted by Crippen LogP contribution is -2.26. The van der Waals surface area contributed by atoms with Crippen LogP contribution < -0.4 is 0 Å². The van der Waals surface area contributed by atoms with Crippen molar-refractivity contribution >= 4 is 9.24 Å². The molecular weight excluding hydrogens is 201 g/mol. The third kappa shape index (κ3) is 2.52. The van der Waals surface area contributed by atoms with Crippen molar-refractivity contribution < 1.29 is 0 Å². The Morgan fingerprint density at radius 2 is 1.80 bits per heavy atom. The largest absolute Gasteiger partial charge is 0.375 e. The maximum absolute atomic E-state index is 4.22. The molecule has 3 unspecified atom stereocenters. The van der Waals surface area contributed by atoms with Gasteiger partial charge in [0.15, 0.2) is 0 Å². The highest BCUT2D eigenvalue weighted by Crippen LogP contribution is 2.42. The summed E-state index contributed by atoms with van der Waals surface area (Å²) in [4.78, 5) is 2.20. The molecule has 0 aromatic carbocycles. The van der Waals surface area contributed by atoms with Crippen molar-refractivity contribution in [3.05, 3.63) is 37.6 Å². The molecule has 0 aromatic heterocycles. The van der Waals surface area contributed by atoms with Crippen LogP contribution in [-0.4, -0.2) is 18.2 Å². The standard InChI is InChI=1S/C13H22NP/c1-5-11-7-8-12(6-2)13(11)10(3)14(4)9-15/h5-6,11-13H,1-3,7-9,15H2,4H3. The highest BCUT2D eigenvalue weighted by atomic mass is 31.0. The quantitative estimate of drug-likeness (QED) is 0.510. The first-order valence-corrected chi connectivity index (χ1v) is 6.32. The first kappa shape index (κ1) is 12.5. The molecule has 1 aliphatic carbocycles. The second-order valence-corrected chi connectivity index (χ2v) is 4.64. The molecule has 2 heteroatoms. The van der Waals surface area contributed by atoms with Gasteiger partial charge in [0.25, 0.3) is 0 Å². The predicted octanol–water partition coefficient (Wildman–Crippen LogP) is 3.28. The Hall–Kier alpha value is -0.550. The topological polar surface area (TPSA) is 3.24 Å². The van der Waals surface area contributed by atoms with Crippen molar-refractivity contribution in [2.75, 3.05) is 13.3 Å². The summed E-state index contributed by atoms with van der Waals surface area (Å²) in [6, 6.07) is 0. The molecule has 1 fully saturated rings. The molecular formula is C13H22NP. The SMILES string of the molecule is C=CC1CCC(C=C)C1C(=C)N(C)CP. The van der Waals surface area contributed by atoms with E-state index in [1.807, 2.05) is 0 Å². The van der Waals surface area contributed by atoms with E-state index in [1.165, 1.54) is 18.5 Å². The van der Waals surface area contributed by atoms with Gasteiger partial charge in [0.05, 0.1) is 0 Å². The minimum Gasteiger partial charge on any atom is -0.375 e. The summed E-state index contributed by atoms with van der Waals surface area (Å²) in [6.45, 7) is 12.1. The average Bonchev–Trinajstić information content (AvgIpc) is 2.69. The van der Waals surface area contributed by atoms with Crippen LogP contribution in [-0.2, 0) is 0 Å². The van der Waals surface area contributed by atoms with E-state index in [-0.39, 0.29) is 0 Å². The van der Waals surface area contributed by atoms with Gasteiger partial charge in [-0.25, -0.2) is 0 Å². The Labute approximate surface area is 96.1 Å². The van der Waals surface area contributed by atoms with Crippen LogP contribution in [0.4, 0.5) is 0 Å². The molecule has 1 nitrogen and oxygen atoms in total. The fourth-order valence-electron chi connectivity index (χ4n) is 2.46. The molecule has 0 aliphatic heterocycles. The van der Waals surface area contributed by atoms with Crippen LogP contribution in [0.1, 0.15) is 12.8 Å². The molecule has 0 saturated heterocycles. The molecule has 1 saturated carbocycles. The molecule has 15 heavy (non-hydrogen) atoms. The zero-order valence-electron chi connectivity index (χ0n) is 9.65. The van der Waals surface area contributed by atoms with Crippen LogP contribution >= 0.6 is 9.24 Å². The summed E-state index contributed by atoms with van der Waals surface area (Å²) in [6.07, 6.45) is 7.53. The normalized spacial score (nSPS) is 29.9. The fourth-order valence-corrected chi connectivity index (χ4v) is 2.69. The monoisotopic (exact) mass is 223 g/mol. The van der Waals surface area contributed by atoms with Gasteiger partial charge in [-0.3, -0.25) is 0 Å². The number of nitrogens with zero attached hydrogens (tertiary/aromatic N) is 1. The molecule has 84 valence electrons. The van der Waals surface area contributed by atoms with Crippen molar-refractivity contribution in [1.29, 1.82) is 0 Å². The van der Waals surface area contributed by atoms with Gasteiger partial charge in [-0.1, -0.05) is 18.7 Å². The third-order valence-corrected chi connectivity index (χ3v) is 4.06. The van der Waals surface area contributed by atoms with E-state index < -0.39 is 0 Å². The summed E-state index contributed by atoms with van der Waals surface area (Å²) >= 11 is 0. The van der Waals surface area contributed by atoms with Crippen LogP contribution in [0, 0.1) is 17.8 Å². The first-order chi connectivity index (χ1) is 7.15. The molecule has 0 amide bonds. The number of hydrogen-bond donors (Lipinski definition) is 0. The first-order valence-electron chi connectivity index (χ1n) is 5.50. The van der Waals surface area contributed by atoms with Crippen molar-refractivity contribution in [1.82, 2.24) is 4.90 Å². The van der Waals surface area contributed by atoms with Crippen molar-refractivity contribution in [2.45, 2.75) is 12.8 Å². The maximum atomic E-state index is 4.22. The highest BCUT2D eigenvalue weighted by Gasteiger charge is 2.35. The molecule has 0 heterocycles. The van der Waals surface area contributed by atoms with E-state index in [1.54, 1.807) is 0 Å². The number of allylic oxidation sites excluding steroid dienone is 3. The predicted molar refractivity (Wildman–Crippen MR) is 71.6 cm³/mol. The highest BCUT2D eigenvalue weighted by molar-refractivity contribution is 7.16. The van der Waals surface area contributed by atoms with Gasteiger partial charge in [-0.2, -0.15) is 0 Å². The van der Waals surface area contributed by atoms with E-state index in [2.05, 4.69) is 53.1 Å². The van der Waals surface area contributed by atoms with Crippen molar-refractivity contribution in [2.24, 2.45) is 17.8 Å². The van der Waals surface area contributed by atoms with Crippen LogP contribution in [0.2, 0.25) is 0 Å². The summed E-state index contributed by atoms with van der Waals surface area (Å²) < 4.78 is 0. The van der Waals surface area contributed by atoms with Crippen molar-refractivity contribution in [3.8, 4) is 0 Å². The lowest BCUT2D eigenvalue weighted by molar-refractivity contribution is 0.347. The van der Waals surface area contributed by atoms with Crippen molar-refractivity contribution in [3.63, 3.8) is 0 Å². The molecule has 0 spiro atoms. The summed E-state index contributed by atoms with van der Waals surface area (Å²) in [5.41, 5.74) is 1.22. The lowest BCUT2D eigenvalue weighted by atomic mass is 9.86. The summed E-state index contributed by atoms with van der Waals surface area (Å²) in [5, 5.41) is 0. The van der Waals surface area contributed by atoms with Crippen LogP contribution in [0.5, 0.6) is 0 Å². The van der Waals surface area contributed by atoms with E-state index >= 15 is 0 Å². The van der Waals surface area contributed by atoms with E-state index in [0.29, 0.717) is 17.8 Å². The minimum atomic E-state index is 0.505. The number of hydrogen-bond acceptors (Lipinski definition) is 1. The molecule has 0 radical (unpaired) electrons. The Bertz CT molecular complexity index is 243. The Morgan fingerprint density at radius 1 is 1.33 bits per heavy atom. The van der Waals surface area contributed by atoms with Gasteiger partial charge in [0.2, 0.25) is 0 Å². The van der Waals surface area contributed by atoms with E-state index in [4.69, 9.17) is 0 Å². The van der Waals surface area contributed by atoms with Gasteiger partial charge in [0, 0.05) is 24.9 Å². The third-order valence-electron chi connectivity index (χ3n) is 3.51. The second-order valence-electron chi connectivity index (χ2n) is 4.27. The second kappa shape index (κ2) is 5.51.